The number of hydrogen-bond acceptors (Lipinski definition) is 4. The van der Waals surface area contributed by atoms with Crippen LogP contribution in [-0.4, -0.2) is 55.9 Å². The number of nitrogens with zero attached hydrogens (tertiary/aromatic N) is 1. The topological polar surface area (TPSA) is 67.9 Å². The van der Waals surface area contributed by atoms with E-state index in [9.17, 15) is 9.59 Å². The summed E-state index contributed by atoms with van der Waals surface area (Å²) in [4.78, 5) is 26.9. The molecule has 8 heteroatoms. The van der Waals surface area contributed by atoms with Crippen LogP contribution in [0.15, 0.2) is 18.2 Å². The van der Waals surface area contributed by atoms with Crippen LogP contribution in [0, 0.1) is 5.41 Å². The third kappa shape index (κ3) is 6.49. The van der Waals surface area contributed by atoms with Crippen molar-refractivity contribution in [2.45, 2.75) is 45.6 Å². The zero-order valence-corrected chi connectivity index (χ0v) is 19.0. The number of carbonyl (C=O) groups is 2. The van der Waals surface area contributed by atoms with Crippen LogP contribution in [0.4, 0.5) is 4.79 Å². The summed E-state index contributed by atoms with van der Waals surface area (Å²) in [6, 6.07) is 5.35. The number of rotatable bonds is 6. The molecule has 0 bridgehead atoms. The summed E-state index contributed by atoms with van der Waals surface area (Å²) in [6.07, 6.45) is 1.21. The van der Waals surface area contributed by atoms with Gasteiger partial charge in [0.15, 0.2) is 0 Å². The Hall–Kier alpha value is -1.50. The fourth-order valence-corrected chi connectivity index (χ4v) is 4.00. The first-order valence-electron chi connectivity index (χ1n) is 9.76. The molecule has 1 saturated heterocycles. The molecule has 1 fully saturated rings. The van der Waals surface area contributed by atoms with Crippen molar-refractivity contribution in [3.63, 3.8) is 0 Å². The Labute approximate surface area is 182 Å². The number of ether oxygens (including phenoxy) is 2. The molecule has 2 rings (SSSR count). The molecular weight excluding hydrogens is 415 g/mol. The lowest BCUT2D eigenvalue weighted by molar-refractivity contribution is -0.137. The number of likely N-dealkylation sites (tertiary alicyclic amines) is 1. The monoisotopic (exact) mass is 444 g/mol. The number of piperidine rings is 1. The number of benzene rings is 1. The highest BCUT2D eigenvalue weighted by molar-refractivity contribution is 6.36. The molecule has 1 heterocycles. The molecular formula is C21H30Cl2N2O4. The van der Waals surface area contributed by atoms with Gasteiger partial charge in [-0.3, -0.25) is 4.79 Å². The first-order valence-corrected chi connectivity index (χ1v) is 10.5. The Kier molecular flexibility index (Phi) is 8.20. The van der Waals surface area contributed by atoms with E-state index >= 15 is 0 Å². The van der Waals surface area contributed by atoms with Crippen LogP contribution in [0.3, 0.4) is 0 Å². The minimum absolute atomic E-state index is 0.0774. The summed E-state index contributed by atoms with van der Waals surface area (Å²) < 4.78 is 10.8. The summed E-state index contributed by atoms with van der Waals surface area (Å²) in [5, 5.41) is 4.17. The van der Waals surface area contributed by atoms with Crippen molar-refractivity contribution in [3.05, 3.63) is 33.8 Å². The van der Waals surface area contributed by atoms with Crippen molar-refractivity contribution in [1.29, 1.82) is 0 Å². The standard InChI is InChI=1S/C21H30Cl2N2O4/c1-20(2,3)29-19(27)25-12-9-21(10-13-25,14-28-4)18(26)24-11-8-15-16(22)6-5-7-17(15)23/h5-7H,8-14H2,1-4H3,(H,24,26). The van der Waals surface area contributed by atoms with Gasteiger partial charge < -0.3 is 19.7 Å². The van der Waals surface area contributed by atoms with Crippen molar-refractivity contribution in [2.75, 3.05) is 33.4 Å². The van der Waals surface area contributed by atoms with E-state index in [1.54, 1.807) is 30.2 Å². The third-order valence-electron chi connectivity index (χ3n) is 5.00. The Morgan fingerprint density at radius 1 is 1.17 bits per heavy atom. The van der Waals surface area contributed by atoms with Gasteiger partial charge in [0.2, 0.25) is 5.91 Å². The fourth-order valence-electron chi connectivity index (χ4n) is 3.42. The number of carbonyl (C=O) groups excluding carboxylic acids is 2. The summed E-state index contributed by atoms with van der Waals surface area (Å²) in [5.74, 6) is -0.0774. The van der Waals surface area contributed by atoms with Gasteiger partial charge in [0, 0.05) is 36.8 Å². The lowest BCUT2D eigenvalue weighted by atomic mass is 9.78. The summed E-state index contributed by atoms with van der Waals surface area (Å²) in [5.41, 5.74) is -0.399. The van der Waals surface area contributed by atoms with Gasteiger partial charge in [-0.15, -0.1) is 0 Å². The van der Waals surface area contributed by atoms with Crippen molar-refractivity contribution >= 4 is 35.2 Å². The van der Waals surface area contributed by atoms with Crippen LogP contribution in [0.2, 0.25) is 10.0 Å². The fraction of sp³-hybridized carbons (Fsp3) is 0.619. The summed E-state index contributed by atoms with van der Waals surface area (Å²) in [7, 11) is 1.58. The molecule has 1 N–H and O–H groups in total. The molecule has 29 heavy (non-hydrogen) atoms. The molecule has 0 radical (unpaired) electrons. The smallest absolute Gasteiger partial charge is 0.410 e. The van der Waals surface area contributed by atoms with Gasteiger partial charge in [0.05, 0.1) is 12.0 Å². The second-order valence-electron chi connectivity index (χ2n) is 8.39. The first-order chi connectivity index (χ1) is 13.6. The maximum atomic E-state index is 13.0. The number of methoxy groups -OCH3 is 1. The van der Waals surface area contributed by atoms with Crippen LogP contribution in [0.25, 0.3) is 0 Å². The van der Waals surface area contributed by atoms with Crippen LogP contribution >= 0.6 is 23.2 Å². The van der Waals surface area contributed by atoms with Gasteiger partial charge in [-0.2, -0.15) is 0 Å². The van der Waals surface area contributed by atoms with E-state index in [1.807, 2.05) is 20.8 Å². The van der Waals surface area contributed by atoms with E-state index in [-0.39, 0.29) is 12.0 Å². The molecule has 1 aliphatic heterocycles. The molecule has 0 aromatic heterocycles. The molecule has 162 valence electrons. The predicted octanol–water partition coefficient (Wildman–Crippen LogP) is 4.32. The highest BCUT2D eigenvalue weighted by Crippen LogP contribution is 2.33. The van der Waals surface area contributed by atoms with E-state index in [2.05, 4.69) is 5.32 Å². The lowest BCUT2D eigenvalue weighted by Gasteiger charge is -2.40. The maximum absolute atomic E-state index is 13.0. The molecule has 1 aliphatic rings. The highest BCUT2D eigenvalue weighted by Gasteiger charge is 2.43. The van der Waals surface area contributed by atoms with Gasteiger partial charge in [-0.1, -0.05) is 29.3 Å². The van der Waals surface area contributed by atoms with Crippen LogP contribution < -0.4 is 5.32 Å². The van der Waals surface area contributed by atoms with Crippen molar-refractivity contribution < 1.29 is 19.1 Å². The van der Waals surface area contributed by atoms with E-state index in [0.717, 1.165) is 5.56 Å². The van der Waals surface area contributed by atoms with Crippen LogP contribution in [0.1, 0.15) is 39.2 Å². The SMILES string of the molecule is COCC1(C(=O)NCCc2c(Cl)cccc2Cl)CCN(C(=O)OC(C)(C)C)CC1. The second-order valence-corrected chi connectivity index (χ2v) is 9.20. The quantitative estimate of drug-likeness (QED) is 0.709. The maximum Gasteiger partial charge on any atom is 0.410 e. The Balaban J connectivity index is 1.95. The van der Waals surface area contributed by atoms with Gasteiger partial charge in [-0.25, -0.2) is 4.79 Å². The van der Waals surface area contributed by atoms with E-state index < -0.39 is 11.0 Å². The number of halogens is 2. The molecule has 2 amide bonds. The summed E-state index contributed by atoms with van der Waals surface area (Å²) >= 11 is 12.4. The highest BCUT2D eigenvalue weighted by atomic mass is 35.5. The van der Waals surface area contributed by atoms with Crippen molar-refractivity contribution in [1.82, 2.24) is 10.2 Å². The molecule has 1 aromatic rings. The molecule has 6 nitrogen and oxygen atoms in total. The minimum Gasteiger partial charge on any atom is -0.444 e. The first kappa shape index (κ1) is 23.8. The molecule has 0 spiro atoms. The van der Waals surface area contributed by atoms with Gasteiger partial charge in [0.1, 0.15) is 5.60 Å². The summed E-state index contributed by atoms with van der Waals surface area (Å²) in [6.45, 7) is 7.12. The van der Waals surface area contributed by atoms with E-state index in [4.69, 9.17) is 32.7 Å². The predicted molar refractivity (Wildman–Crippen MR) is 115 cm³/mol. The molecule has 0 saturated carbocycles. The zero-order chi connectivity index (χ0) is 21.7. The Bertz CT molecular complexity index is 706. The largest absolute Gasteiger partial charge is 0.444 e. The van der Waals surface area contributed by atoms with Crippen LogP contribution in [-0.2, 0) is 20.7 Å². The Morgan fingerprint density at radius 3 is 2.28 bits per heavy atom. The third-order valence-corrected chi connectivity index (χ3v) is 5.71. The average molecular weight is 445 g/mol. The minimum atomic E-state index is -0.669. The van der Waals surface area contributed by atoms with Crippen molar-refractivity contribution in [2.24, 2.45) is 5.41 Å². The second kappa shape index (κ2) is 10.0. The van der Waals surface area contributed by atoms with Crippen LogP contribution in [0.5, 0.6) is 0 Å². The van der Waals surface area contributed by atoms with Gasteiger partial charge in [0.25, 0.3) is 0 Å². The molecule has 0 aliphatic carbocycles. The molecule has 1 aromatic carbocycles. The van der Waals surface area contributed by atoms with E-state index in [1.165, 1.54) is 0 Å². The lowest BCUT2D eigenvalue weighted by Crippen LogP contribution is -2.53. The van der Waals surface area contributed by atoms with Gasteiger partial charge >= 0.3 is 6.09 Å². The zero-order valence-electron chi connectivity index (χ0n) is 17.5. The Morgan fingerprint density at radius 2 is 1.76 bits per heavy atom. The number of amides is 2. The van der Waals surface area contributed by atoms with E-state index in [0.29, 0.717) is 55.5 Å². The number of hydrogen-bond donors (Lipinski definition) is 1. The number of nitrogens with one attached hydrogen (secondary N) is 1. The molecule has 0 atom stereocenters. The normalized spacial score (nSPS) is 16.4. The molecule has 0 unspecified atom stereocenters. The van der Waals surface area contributed by atoms with Gasteiger partial charge in [-0.05, 0) is 57.7 Å². The average Bonchev–Trinajstić information content (AvgIpc) is 2.63. The van der Waals surface area contributed by atoms with Crippen molar-refractivity contribution in [3.8, 4) is 0 Å².